The van der Waals surface area contributed by atoms with Crippen LogP contribution in [0.5, 0.6) is 0 Å². The lowest BCUT2D eigenvalue weighted by molar-refractivity contribution is -0.155. The molecule has 0 saturated carbocycles. The van der Waals surface area contributed by atoms with Crippen LogP contribution >= 0.6 is 11.6 Å². The van der Waals surface area contributed by atoms with Crippen LogP contribution in [0.3, 0.4) is 0 Å². The maximum Gasteiger partial charge on any atom is 0.401 e. The monoisotopic (exact) mass is 327 g/mol. The highest BCUT2D eigenvalue weighted by atomic mass is 35.5. The molecule has 1 rings (SSSR count). The molecule has 1 aromatic carbocycles. The molecule has 0 amide bonds. The first-order chi connectivity index (χ1) is 9.60. The maximum absolute atomic E-state index is 13.2. The smallest absolute Gasteiger partial charge is 0.401 e. The highest BCUT2D eigenvalue weighted by Crippen LogP contribution is 2.28. The molecule has 3 nitrogen and oxygen atoms in total. The second-order valence-electron chi connectivity index (χ2n) is 4.44. The van der Waals surface area contributed by atoms with Crippen molar-refractivity contribution in [3.8, 4) is 0 Å². The Kier molecular flexibility index (Phi) is 5.58. The summed E-state index contributed by atoms with van der Waals surface area (Å²) >= 11 is 5.61. The molecule has 0 radical (unpaired) electrons. The van der Waals surface area contributed by atoms with Crippen molar-refractivity contribution in [3.05, 3.63) is 34.6 Å². The number of hydrogen-bond acceptors (Lipinski definition) is 3. The Bertz CT molecular complexity index is 521. The van der Waals surface area contributed by atoms with E-state index in [-0.39, 0.29) is 17.2 Å². The van der Waals surface area contributed by atoms with Gasteiger partial charge in [0.25, 0.3) is 0 Å². The summed E-state index contributed by atoms with van der Waals surface area (Å²) in [4.78, 5) is 12.0. The first-order valence-electron chi connectivity index (χ1n) is 6.04. The number of rotatable bonds is 5. The normalized spacial score (nSPS) is 14.6. The van der Waals surface area contributed by atoms with Crippen LogP contribution in [0, 0.1) is 5.82 Å². The van der Waals surface area contributed by atoms with Crippen molar-refractivity contribution in [2.24, 2.45) is 0 Å². The third-order valence-electron chi connectivity index (χ3n) is 2.82. The molecule has 0 bridgehead atoms. The first kappa shape index (κ1) is 17.7. The van der Waals surface area contributed by atoms with Crippen LogP contribution in [0.25, 0.3) is 0 Å². The molecule has 1 aromatic rings. The average molecular weight is 328 g/mol. The van der Waals surface area contributed by atoms with Gasteiger partial charge in [-0.15, -0.1) is 0 Å². The molecule has 0 heterocycles. The van der Waals surface area contributed by atoms with Crippen LogP contribution in [0.1, 0.15) is 19.4 Å². The fourth-order valence-electron chi connectivity index (χ4n) is 1.65. The SMILES string of the molecule is CCOC(=O)C(C)(NCC(F)(F)F)c1ccc(F)c(Cl)c1. The van der Waals surface area contributed by atoms with E-state index in [1.165, 1.54) is 19.9 Å². The summed E-state index contributed by atoms with van der Waals surface area (Å²) in [5.74, 6) is -1.64. The number of hydrogen-bond donors (Lipinski definition) is 1. The van der Waals surface area contributed by atoms with E-state index in [0.717, 1.165) is 12.1 Å². The molecule has 0 aliphatic heterocycles. The Morgan fingerprint density at radius 1 is 1.38 bits per heavy atom. The number of halogens is 5. The van der Waals surface area contributed by atoms with Gasteiger partial charge in [0.2, 0.25) is 0 Å². The van der Waals surface area contributed by atoms with Crippen LogP contribution in [-0.4, -0.2) is 25.3 Å². The van der Waals surface area contributed by atoms with Gasteiger partial charge in [0, 0.05) is 0 Å². The zero-order valence-corrected chi connectivity index (χ0v) is 12.1. The number of carbonyl (C=O) groups is 1. The number of nitrogens with one attached hydrogen (secondary N) is 1. The highest BCUT2D eigenvalue weighted by molar-refractivity contribution is 6.30. The minimum atomic E-state index is -4.52. The van der Waals surface area contributed by atoms with Gasteiger partial charge in [-0.2, -0.15) is 13.2 Å². The fourth-order valence-corrected chi connectivity index (χ4v) is 1.83. The Labute approximate surface area is 124 Å². The number of alkyl halides is 3. The van der Waals surface area contributed by atoms with E-state index in [9.17, 15) is 22.4 Å². The Morgan fingerprint density at radius 2 is 2.00 bits per heavy atom. The first-order valence-corrected chi connectivity index (χ1v) is 6.42. The van der Waals surface area contributed by atoms with Gasteiger partial charge in [-0.25, -0.2) is 9.18 Å². The van der Waals surface area contributed by atoms with E-state index in [1.807, 2.05) is 0 Å². The van der Waals surface area contributed by atoms with Crippen molar-refractivity contribution >= 4 is 17.6 Å². The topological polar surface area (TPSA) is 38.3 Å². The lowest BCUT2D eigenvalue weighted by Gasteiger charge is -2.29. The van der Waals surface area contributed by atoms with Gasteiger partial charge >= 0.3 is 12.1 Å². The second kappa shape index (κ2) is 6.62. The molecule has 21 heavy (non-hydrogen) atoms. The van der Waals surface area contributed by atoms with Crippen molar-refractivity contribution < 1.29 is 27.1 Å². The summed E-state index contributed by atoms with van der Waals surface area (Å²) in [7, 11) is 0. The third-order valence-corrected chi connectivity index (χ3v) is 3.11. The summed E-state index contributed by atoms with van der Waals surface area (Å²) in [6.45, 7) is 1.34. The van der Waals surface area contributed by atoms with Crippen LogP contribution in [0.2, 0.25) is 5.02 Å². The molecule has 0 saturated heterocycles. The van der Waals surface area contributed by atoms with Crippen molar-refractivity contribution in [3.63, 3.8) is 0 Å². The van der Waals surface area contributed by atoms with Crippen LogP contribution in [-0.2, 0) is 15.1 Å². The van der Waals surface area contributed by atoms with E-state index >= 15 is 0 Å². The molecule has 1 atom stereocenters. The van der Waals surface area contributed by atoms with Crippen molar-refractivity contribution in [1.82, 2.24) is 5.32 Å². The van der Waals surface area contributed by atoms with E-state index in [1.54, 1.807) is 0 Å². The summed E-state index contributed by atoms with van der Waals surface area (Å²) < 4.78 is 55.1. The Morgan fingerprint density at radius 3 is 2.48 bits per heavy atom. The summed E-state index contributed by atoms with van der Waals surface area (Å²) in [5.41, 5.74) is -1.71. The predicted molar refractivity (Wildman–Crippen MR) is 69.5 cm³/mol. The van der Waals surface area contributed by atoms with Gasteiger partial charge in [-0.05, 0) is 31.5 Å². The number of ether oxygens (including phenoxy) is 1. The van der Waals surface area contributed by atoms with Crippen molar-refractivity contribution in [1.29, 1.82) is 0 Å². The second-order valence-corrected chi connectivity index (χ2v) is 4.85. The molecule has 0 spiro atoms. The van der Waals surface area contributed by atoms with Crippen molar-refractivity contribution in [2.75, 3.05) is 13.2 Å². The molecule has 1 N–H and O–H groups in total. The molecule has 0 aromatic heterocycles. The summed E-state index contributed by atoms with van der Waals surface area (Å²) in [6.07, 6.45) is -4.52. The van der Waals surface area contributed by atoms with Gasteiger partial charge in [0.05, 0.1) is 18.2 Å². The Balaban J connectivity index is 3.16. The number of benzene rings is 1. The standard InChI is InChI=1S/C13H14ClF4NO2/c1-3-21-11(20)12(2,19-7-13(16,17)18)8-4-5-10(15)9(14)6-8/h4-6,19H,3,7H2,1-2H3. The highest BCUT2D eigenvalue weighted by Gasteiger charge is 2.40. The molecule has 1 unspecified atom stereocenters. The molecule has 0 aliphatic rings. The average Bonchev–Trinajstić information content (AvgIpc) is 2.38. The zero-order chi connectivity index (χ0) is 16.3. The fraction of sp³-hybridized carbons (Fsp3) is 0.462. The van der Waals surface area contributed by atoms with E-state index in [0.29, 0.717) is 0 Å². The van der Waals surface area contributed by atoms with E-state index in [2.05, 4.69) is 5.32 Å². The van der Waals surface area contributed by atoms with Gasteiger partial charge in [0.15, 0.2) is 0 Å². The Hall–Kier alpha value is -1.34. The van der Waals surface area contributed by atoms with E-state index < -0.39 is 30.0 Å². The quantitative estimate of drug-likeness (QED) is 0.665. The van der Waals surface area contributed by atoms with Crippen molar-refractivity contribution in [2.45, 2.75) is 25.6 Å². The van der Waals surface area contributed by atoms with Gasteiger partial charge < -0.3 is 4.74 Å². The summed E-state index contributed by atoms with van der Waals surface area (Å²) in [6, 6.07) is 3.25. The van der Waals surface area contributed by atoms with Crippen LogP contribution < -0.4 is 5.32 Å². The maximum atomic E-state index is 13.2. The van der Waals surface area contributed by atoms with Crippen LogP contribution in [0.15, 0.2) is 18.2 Å². The minimum Gasteiger partial charge on any atom is -0.464 e. The van der Waals surface area contributed by atoms with Gasteiger partial charge in [0.1, 0.15) is 11.4 Å². The molecule has 0 aliphatic carbocycles. The van der Waals surface area contributed by atoms with Gasteiger partial charge in [-0.3, -0.25) is 5.32 Å². The molecule has 0 fully saturated rings. The molecular formula is C13H14ClF4NO2. The number of carbonyl (C=O) groups excluding carboxylic acids is 1. The number of esters is 1. The molecular weight excluding hydrogens is 314 g/mol. The third kappa shape index (κ3) is 4.57. The predicted octanol–water partition coefficient (Wildman–Crippen LogP) is 3.41. The summed E-state index contributed by atoms with van der Waals surface area (Å²) in [5, 5.41) is 1.81. The lowest BCUT2D eigenvalue weighted by atomic mass is 9.92. The zero-order valence-electron chi connectivity index (χ0n) is 11.4. The van der Waals surface area contributed by atoms with E-state index in [4.69, 9.17) is 16.3 Å². The molecule has 8 heteroatoms. The minimum absolute atomic E-state index is 0.00293. The lowest BCUT2D eigenvalue weighted by Crippen LogP contribution is -2.50. The largest absolute Gasteiger partial charge is 0.464 e. The molecule has 118 valence electrons. The van der Waals surface area contributed by atoms with Gasteiger partial charge in [-0.1, -0.05) is 17.7 Å². The van der Waals surface area contributed by atoms with Crippen LogP contribution in [0.4, 0.5) is 17.6 Å².